The molecule has 0 spiro atoms. The molecule has 0 aromatic carbocycles. The Morgan fingerprint density at radius 2 is 2.11 bits per heavy atom. The maximum Gasteiger partial charge on any atom is 0.0809 e. The summed E-state index contributed by atoms with van der Waals surface area (Å²) in [5.74, 6) is 0.704. The summed E-state index contributed by atoms with van der Waals surface area (Å²) >= 11 is 1.83. The molecule has 0 amide bonds. The molecule has 18 heavy (non-hydrogen) atoms. The van der Waals surface area contributed by atoms with Gasteiger partial charge in [-0.25, -0.2) is 0 Å². The summed E-state index contributed by atoms with van der Waals surface area (Å²) in [6.07, 6.45) is 0.953. The standard InChI is InChI=1S/C15H25NOS/c1-12(2)7-8-17-11-15-6-5-14(18-15)10-16-9-13(3)4/h5-6,13,16H,1,7-11H2,2-4H3. The number of hydrogen-bond acceptors (Lipinski definition) is 3. The summed E-state index contributed by atoms with van der Waals surface area (Å²) in [7, 11) is 0. The van der Waals surface area contributed by atoms with Crippen molar-refractivity contribution in [3.05, 3.63) is 34.0 Å². The van der Waals surface area contributed by atoms with Crippen molar-refractivity contribution in [2.45, 2.75) is 40.3 Å². The second kappa shape index (κ2) is 8.46. The minimum atomic E-state index is 0.704. The minimum Gasteiger partial charge on any atom is -0.376 e. The van der Waals surface area contributed by atoms with E-state index in [4.69, 9.17) is 4.74 Å². The Hall–Kier alpha value is -0.640. The lowest BCUT2D eigenvalue weighted by atomic mass is 10.2. The van der Waals surface area contributed by atoms with Crippen LogP contribution in [0.3, 0.4) is 0 Å². The molecule has 0 fully saturated rings. The maximum absolute atomic E-state index is 5.62. The van der Waals surface area contributed by atoms with E-state index in [0.717, 1.165) is 32.7 Å². The van der Waals surface area contributed by atoms with Crippen LogP contribution in [0.4, 0.5) is 0 Å². The Morgan fingerprint density at radius 3 is 2.78 bits per heavy atom. The molecule has 3 heteroatoms. The van der Waals surface area contributed by atoms with Gasteiger partial charge in [-0.05, 0) is 37.9 Å². The van der Waals surface area contributed by atoms with Crippen molar-refractivity contribution in [1.29, 1.82) is 0 Å². The molecule has 0 radical (unpaired) electrons. The van der Waals surface area contributed by atoms with E-state index in [0.29, 0.717) is 5.92 Å². The summed E-state index contributed by atoms with van der Waals surface area (Å²) in [5.41, 5.74) is 1.18. The molecule has 0 aliphatic heterocycles. The Labute approximate surface area is 115 Å². The molecule has 0 unspecified atom stereocenters. The van der Waals surface area contributed by atoms with Gasteiger partial charge in [0.25, 0.3) is 0 Å². The van der Waals surface area contributed by atoms with E-state index in [-0.39, 0.29) is 0 Å². The van der Waals surface area contributed by atoms with Crippen molar-refractivity contribution in [3.8, 4) is 0 Å². The Morgan fingerprint density at radius 1 is 1.39 bits per heavy atom. The Bertz CT molecular complexity index is 357. The van der Waals surface area contributed by atoms with E-state index in [1.165, 1.54) is 15.3 Å². The van der Waals surface area contributed by atoms with Crippen LogP contribution in [0.25, 0.3) is 0 Å². The van der Waals surface area contributed by atoms with Gasteiger partial charge in [0.15, 0.2) is 0 Å². The first-order valence-electron chi connectivity index (χ1n) is 6.58. The fourth-order valence-corrected chi connectivity index (χ4v) is 2.42. The Kier molecular flexibility index (Phi) is 7.25. The summed E-state index contributed by atoms with van der Waals surface area (Å²) < 4.78 is 5.62. The molecular formula is C15H25NOS. The van der Waals surface area contributed by atoms with Crippen LogP contribution in [0.15, 0.2) is 24.3 Å². The van der Waals surface area contributed by atoms with E-state index < -0.39 is 0 Å². The summed E-state index contributed by atoms with van der Waals surface area (Å²) in [4.78, 5) is 2.69. The first-order valence-corrected chi connectivity index (χ1v) is 7.40. The van der Waals surface area contributed by atoms with Crippen molar-refractivity contribution in [2.24, 2.45) is 5.92 Å². The van der Waals surface area contributed by atoms with Gasteiger partial charge in [-0.15, -0.1) is 17.9 Å². The van der Waals surface area contributed by atoms with E-state index in [1.807, 2.05) is 18.3 Å². The van der Waals surface area contributed by atoms with Gasteiger partial charge in [0.05, 0.1) is 13.2 Å². The predicted octanol–water partition coefficient (Wildman–Crippen LogP) is 3.98. The lowest BCUT2D eigenvalue weighted by Gasteiger charge is -2.05. The molecule has 0 atom stereocenters. The minimum absolute atomic E-state index is 0.704. The number of thiophene rings is 1. The van der Waals surface area contributed by atoms with Gasteiger partial charge in [0, 0.05) is 16.3 Å². The van der Waals surface area contributed by atoms with Gasteiger partial charge in [0.2, 0.25) is 0 Å². The van der Waals surface area contributed by atoms with E-state index in [1.54, 1.807) is 0 Å². The SMILES string of the molecule is C=C(C)CCOCc1ccc(CNCC(C)C)s1. The van der Waals surface area contributed by atoms with E-state index in [9.17, 15) is 0 Å². The topological polar surface area (TPSA) is 21.3 Å². The fourth-order valence-electron chi connectivity index (χ4n) is 1.50. The molecule has 0 saturated heterocycles. The van der Waals surface area contributed by atoms with Gasteiger partial charge < -0.3 is 10.1 Å². The van der Waals surface area contributed by atoms with E-state index in [2.05, 4.69) is 37.9 Å². The van der Waals surface area contributed by atoms with E-state index >= 15 is 0 Å². The molecule has 102 valence electrons. The first kappa shape index (κ1) is 15.4. The first-order chi connectivity index (χ1) is 8.58. The van der Waals surface area contributed by atoms with Crippen LogP contribution in [-0.2, 0) is 17.9 Å². The van der Waals surface area contributed by atoms with Crippen molar-refractivity contribution in [1.82, 2.24) is 5.32 Å². The van der Waals surface area contributed by atoms with Gasteiger partial charge in [-0.2, -0.15) is 0 Å². The number of rotatable bonds is 9. The summed E-state index contributed by atoms with van der Waals surface area (Å²) in [6, 6.07) is 4.35. The van der Waals surface area contributed by atoms with Gasteiger partial charge in [0.1, 0.15) is 0 Å². The molecule has 2 nitrogen and oxygen atoms in total. The third-order valence-electron chi connectivity index (χ3n) is 2.49. The molecule has 0 bridgehead atoms. The average Bonchev–Trinajstić information content (AvgIpc) is 2.72. The average molecular weight is 267 g/mol. The summed E-state index contributed by atoms with van der Waals surface area (Å²) in [6.45, 7) is 13.9. The zero-order chi connectivity index (χ0) is 13.4. The number of ether oxygens (including phenoxy) is 1. The highest BCUT2D eigenvalue weighted by Crippen LogP contribution is 2.17. The zero-order valence-electron chi connectivity index (χ0n) is 11.8. The van der Waals surface area contributed by atoms with Crippen molar-refractivity contribution >= 4 is 11.3 Å². The molecule has 0 aliphatic carbocycles. The molecule has 1 aromatic heterocycles. The lowest BCUT2D eigenvalue weighted by molar-refractivity contribution is 0.126. The third-order valence-corrected chi connectivity index (χ3v) is 3.55. The fraction of sp³-hybridized carbons (Fsp3) is 0.600. The van der Waals surface area contributed by atoms with Gasteiger partial charge in [-0.1, -0.05) is 19.4 Å². The third kappa shape index (κ3) is 6.94. The highest BCUT2D eigenvalue weighted by molar-refractivity contribution is 7.11. The molecule has 1 rings (SSSR count). The van der Waals surface area contributed by atoms with Crippen LogP contribution in [-0.4, -0.2) is 13.2 Å². The molecular weight excluding hydrogens is 242 g/mol. The normalized spacial score (nSPS) is 11.1. The zero-order valence-corrected chi connectivity index (χ0v) is 12.6. The lowest BCUT2D eigenvalue weighted by Crippen LogP contribution is -2.18. The van der Waals surface area contributed by atoms with Gasteiger partial charge >= 0.3 is 0 Å². The predicted molar refractivity (Wildman–Crippen MR) is 80.0 cm³/mol. The highest BCUT2D eigenvalue weighted by Gasteiger charge is 2.01. The maximum atomic E-state index is 5.62. The molecule has 1 heterocycles. The van der Waals surface area contributed by atoms with Crippen LogP contribution in [0.5, 0.6) is 0 Å². The Balaban J connectivity index is 2.19. The van der Waals surface area contributed by atoms with Crippen LogP contribution in [0.1, 0.15) is 36.9 Å². The molecule has 0 aliphatic rings. The number of hydrogen-bond donors (Lipinski definition) is 1. The monoisotopic (exact) mass is 267 g/mol. The number of nitrogens with one attached hydrogen (secondary N) is 1. The summed E-state index contributed by atoms with van der Waals surface area (Å²) in [5, 5.41) is 3.45. The molecule has 1 N–H and O–H groups in total. The highest BCUT2D eigenvalue weighted by atomic mass is 32.1. The molecule has 0 saturated carbocycles. The second-order valence-corrected chi connectivity index (χ2v) is 6.41. The van der Waals surface area contributed by atoms with Crippen molar-refractivity contribution in [3.63, 3.8) is 0 Å². The van der Waals surface area contributed by atoms with Gasteiger partial charge in [-0.3, -0.25) is 0 Å². The van der Waals surface area contributed by atoms with Crippen LogP contribution in [0, 0.1) is 5.92 Å². The van der Waals surface area contributed by atoms with Crippen LogP contribution in [0.2, 0.25) is 0 Å². The second-order valence-electron chi connectivity index (χ2n) is 5.15. The van der Waals surface area contributed by atoms with Crippen LogP contribution >= 0.6 is 11.3 Å². The largest absolute Gasteiger partial charge is 0.376 e. The quantitative estimate of drug-likeness (QED) is 0.540. The van der Waals surface area contributed by atoms with Crippen LogP contribution < -0.4 is 5.32 Å². The molecule has 1 aromatic rings. The van der Waals surface area contributed by atoms with Crippen molar-refractivity contribution in [2.75, 3.05) is 13.2 Å². The smallest absolute Gasteiger partial charge is 0.0809 e. The van der Waals surface area contributed by atoms with Crippen molar-refractivity contribution < 1.29 is 4.74 Å².